The van der Waals surface area contributed by atoms with Crippen LogP contribution in [0.1, 0.15) is 22.3 Å². The van der Waals surface area contributed by atoms with Gasteiger partial charge in [-0.15, -0.1) is 0 Å². The number of carbonyl (C=O) groups excluding carboxylic acids is 1. The van der Waals surface area contributed by atoms with Crippen molar-refractivity contribution >= 4 is 5.91 Å². The van der Waals surface area contributed by atoms with E-state index in [0.29, 0.717) is 0 Å². The Balaban J connectivity index is 1.41. The van der Waals surface area contributed by atoms with Gasteiger partial charge in [0.15, 0.2) is 0 Å². The molecular formula is C20H23FN2O. The lowest BCUT2D eigenvalue weighted by molar-refractivity contribution is 0.0636. The second kappa shape index (κ2) is 8.06. The molecule has 3 nitrogen and oxygen atoms in total. The van der Waals surface area contributed by atoms with Crippen molar-refractivity contribution < 1.29 is 9.18 Å². The number of aryl methyl sites for hydroxylation is 1. The predicted octanol–water partition coefficient (Wildman–Crippen LogP) is 3.22. The molecule has 0 radical (unpaired) electrons. The zero-order valence-corrected chi connectivity index (χ0v) is 13.8. The summed E-state index contributed by atoms with van der Waals surface area (Å²) in [5.41, 5.74) is 1.81. The Hall–Kier alpha value is -2.20. The minimum atomic E-state index is -0.166. The van der Waals surface area contributed by atoms with Crippen LogP contribution in [-0.4, -0.2) is 48.4 Å². The molecule has 126 valence electrons. The fraction of sp³-hybridized carbons (Fsp3) is 0.350. The number of carbonyl (C=O) groups is 1. The Morgan fingerprint density at radius 2 is 1.71 bits per heavy atom. The van der Waals surface area contributed by atoms with Crippen molar-refractivity contribution in [1.82, 2.24) is 9.80 Å². The lowest BCUT2D eigenvalue weighted by atomic mass is 10.1. The maximum atomic E-state index is 13.2. The van der Waals surface area contributed by atoms with Gasteiger partial charge in [-0.25, -0.2) is 4.39 Å². The summed E-state index contributed by atoms with van der Waals surface area (Å²) in [7, 11) is 0. The summed E-state index contributed by atoms with van der Waals surface area (Å²) < 4.78 is 13.2. The van der Waals surface area contributed by atoms with Gasteiger partial charge < -0.3 is 4.90 Å². The van der Waals surface area contributed by atoms with Gasteiger partial charge in [0.25, 0.3) is 5.91 Å². The third-order valence-corrected chi connectivity index (χ3v) is 4.51. The molecule has 0 spiro atoms. The molecule has 0 aromatic heterocycles. The van der Waals surface area contributed by atoms with Gasteiger partial charge in [-0.2, -0.15) is 0 Å². The molecule has 0 atom stereocenters. The van der Waals surface area contributed by atoms with E-state index in [-0.39, 0.29) is 11.7 Å². The van der Waals surface area contributed by atoms with Crippen LogP contribution in [0.4, 0.5) is 4.39 Å². The van der Waals surface area contributed by atoms with Crippen LogP contribution in [0, 0.1) is 5.82 Å². The Labute approximate surface area is 142 Å². The third-order valence-electron chi connectivity index (χ3n) is 4.51. The standard InChI is InChI=1S/C20H23FN2O/c21-19-10-4-6-17(16-19)7-5-11-22-12-14-23(15-13-22)20(24)18-8-2-1-3-9-18/h1-4,6,8-10,16H,5,7,11-15H2. The van der Waals surface area contributed by atoms with Crippen molar-refractivity contribution in [3.8, 4) is 0 Å². The van der Waals surface area contributed by atoms with Gasteiger partial charge in [-0.1, -0.05) is 30.3 Å². The zero-order chi connectivity index (χ0) is 16.8. The summed E-state index contributed by atoms with van der Waals surface area (Å²) >= 11 is 0. The van der Waals surface area contributed by atoms with E-state index in [9.17, 15) is 9.18 Å². The average Bonchev–Trinajstić information content (AvgIpc) is 2.63. The first-order valence-corrected chi connectivity index (χ1v) is 8.53. The van der Waals surface area contributed by atoms with E-state index in [1.807, 2.05) is 41.3 Å². The van der Waals surface area contributed by atoms with Crippen LogP contribution in [0.2, 0.25) is 0 Å². The van der Waals surface area contributed by atoms with E-state index in [1.165, 1.54) is 6.07 Å². The van der Waals surface area contributed by atoms with Gasteiger partial charge in [0.2, 0.25) is 0 Å². The van der Waals surface area contributed by atoms with Gasteiger partial charge in [0.05, 0.1) is 0 Å². The van der Waals surface area contributed by atoms with E-state index < -0.39 is 0 Å². The van der Waals surface area contributed by atoms with E-state index >= 15 is 0 Å². The van der Waals surface area contributed by atoms with Crippen LogP contribution in [0.5, 0.6) is 0 Å². The number of rotatable bonds is 5. The minimum Gasteiger partial charge on any atom is -0.336 e. The topological polar surface area (TPSA) is 23.6 Å². The van der Waals surface area contributed by atoms with Crippen LogP contribution >= 0.6 is 0 Å². The maximum Gasteiger partial charge on any atom is 0.253 e. The van der Waals surface area contributed by atoms with E-state index in [2.05, 4.69) is 4.90 Å². The fourth-order valence-corrected chi connectivity index (χ4v) is 3.14. The number of piperazine rings is 1. The second-order valence-corrected chi connectivity index (χ2v) is 6.23. The Morgan fingerprint density at radius 1 is 0.958 bits per heavy atom. The highest BCUT2D eigenvalue weighted by atomic mass is 19.1. The molecule has 4 heteroatoms. The van der Waals surface area contributed by atoms with Gasteiger partial charge in [0, 0.05) is 31.7 Å². The van der Waals surface area contributed by atoms with Crippen LogP contribution in [0.25, 0.3) is 0 Å². The first-order chi connectivity index (χ1) is 11.7. The number of halogens is 1. The van der Waals surface area contributed by atoms with Crippen molar-refractivity contribution in [3.05, 3.63) is 71.5 Å². The number of hydrogen-bond acceptors (Lipinski definition) is 2. The number of hydrogen-bond donors (Lipinski definition) is 0. The van der Waals surface area contributed by atoms with Gasteiger partial charge in [0.1, 0.15) is 5.82 Å². The van der Waals surface area contributed by atoms with Crippen molar-refractivity contribution in [2.45, 2.75) is 12.8 Å². The number of nitrogens with zero attached hydrogens (tertiary/aromatic N) is 2. The van der Waals surface area contributed by atoms with Crippen LogP contribution in [-0.2, 0) is 6.42 Å². The highest BCUT2D eigenvalue weighted by Crippen LogP contribution is 2.11. The summed E-state index contributed by atoms with van der Waals surface area (Å²) in [5, 5.41) is 0. The second-order valence-electron chi connectivity index (χ2n) is 6.23. The van der Waals surface area contributed by atoms with Gasteiger partial charge >= 0.3 is 0 Å². The molecule has 1 fully saturated rings. The Morgan fingerprint density at radius 3 is 2.42 bits per heavy atom. The molecule has 3 rings (SSSR count). The molecule has 2 aromatic rings. The molecule has 24 heavy (non-hydrogen) atoms. The largest absolute Gasteiger partial charge is 0.336 e. The molecular weight excluding hydrogens is 303 g/mol. The van der Waals surface area contributed by atoms with Crippen molar-refractivity contribution in [2.75, 3.05) is 32.7 Å². The maximum absolute atomic E-state index is 13.2. The molecule has 0 N–H and O–H groups in total. The highest BCUT2D eigenvalue weighted by Gasteiger charge is 2.21. The van der Waals surface area contributed by atoms with Gasteiger partial charge in [-0.05, 0) is 49.2 Å². The smallest absolute Gasteiger partial charge is 0.253 e. The Bertz CT molecular complexity index is 666. The van der Waals surface area contributed by atoms with Crippen LogP contribution < -0.4 is 0 Å². The Kier molecular flexibility index (Phi) is 5.59. The quantitative estimate of drug-likeness (QED) is 0.842. The molecule has 1 amide bonds. The van der Waals surface area contributed by atoms with E-state index in [1.54, 1.807) is 12.1 Å². The summed E-state index contributed by atoms with van der Waals surface area (Å²) in [6.45, 7) is 4.34. The van der Waals surface area contributed by atoms with Crippen LogP contribution in [0.15, 0.2) is 54.6 Å². The fourth-order valence-electron chi connectivity index (χ4n) is 3.14. The highest BCUT2D eigenvalue weighted by molar-refractivity contribution is 5.94. The molecule has 1 aliphatic heterocycles. The molecule has 2 aromatic carbocycles. The summed E-state index contributed by atoms with van der Waals surface area (Å²) in [5.74, 6) is -0.0458. The lowest BCUT2D eigenvalue weighted by Gasteiger charge is -2.34. The van der Waals surface area contributed by atoms with Crippen LogP contribution in [0.3, 0.4) is 0 Å². The summed E-state index contributed by atoms with van der Waals surface area (Å²) in [6.07, 6.45) is 1.90. The molecule has 1 saturated heterocycles. The third kappa shape index (κ3) is 4.42. The number of amides is 1. The van der Waals surface area contributed by atoms with Gasteiger partial charge in [-0.3, -0.25) is 9.69 Å². The summed E-state index contributed by atoms with van der Waals surface area (Å²) in [6, 6.07) is 16.3. The average molecular weight is 326 g/mol. The first-order valence-electron chi connectivity index (χ1n) is 8.53. The van der Waals surface area contributed by atoms with E-state index in [4.69, 9.17) is 0 Å². The predicted molar refractivity (Wildman–Crippen MR) is 93.5 cm³/mol. The minimum absolute atomic E-state index is 0.120. The monoisotopic (exact) mass is 326 g/mol. The lowest BCUT2D eigenvalue weighted by Crippen LogP contribution is -2.48. The van der Waals surface area contributed by atoms with E-state index in [0.717, 1.165) is 56.7 Å². The normalized spacial score (nSPS) is 15.5. The molecule has 0 saturated carbocycles. The van der Waals surface area contributed by atoms with Crippen molar-refractivity contribution in [1.29, 1.82) is 0 Å². The molecule has 0 unspecified atom stereocenters. The SMILES string of the molecule is O=C(c1ccccc1)N1CCN(CCCc2cccc(F)c2)CC1. The number of benzene rings is 2. The molecule has 1 heterocycles. The van der Waals surface area contributed by atoms with Crippen molar-refractivity contribution in [2.24, 2.45) is 0 Å². The molecule has 0 aliphatic carbocycles. The molecule has 1 aliphatic rings. The van der Waals surface area contributed by atoms with Crippen molar-refractivity contribution in [3.63, 3.8) is 0 Å². The molecule has 0 bridgehead atoms. The zero-order valence-electron chi connectivity index (χ0n) is 13.8. The summed E-state index contributed by atoms with van der Waals surface area (Å²) in [4.78, 5) is 16.7. The first kappa shape index (κ1) is 16.7.